The topological polar surface area (TPSA) is 70.8 Å². The summed E-state index contributed by atoms with van der Waals surface area (Å²) in [5.41, 5.74) is 1.68. The van der Waals surface area contributed by atoms with Crippen LogP contribution in [0.1, 0.15) is 58.1 Å². The van der Waals surface area contributed by atoms with Gasteiger partial charge in [-0.25, -0.2) is 0 Å². The van der Waals surface area contributed by atoms with Crippen molar-refractivity contribution in [2.24, 2.45) is 5.41 Å². The summed E-state index contributed by atoms with van der Waals surface area (Å²) < 4.78 is 5.82. The van der Waals surface area contributed by atoms with Gasteiger partial charge in [-0.3, -0.25) is 9.59 Å². The van der Waals surface area contributed by atoms with Crippen molar-refractivity contribution < 1.29 is 19.1 Å². The van der Waals surface area contributed by atoms with Gasteiger partial charge in [0, 0.05) is 37.6 Å². The highest BCUT2D eigenvalue weighted by Gasteiger charge is 2.37. The summed E-state index contributed by atoms with van der Waals surface area (Å²) in [4.78, 5) is 26.7. The number of carbonyl (C=O) groups is 2. The summed E-state index contributed by atoms with van der Waals surface area (Å²) in [5.74, 6) is 0.720. The van der Waals surface area contributed by atoms with Gasteiger partial charge in [0.1, 0.15) is 11.5 Å². The first-order valence-electron chi connectivity index (χ1n) is 8.37. The van der Waals surface area contributed by atoms with Gasteiger partial charge in [0.2, 0.25) is 0 Å². The molecule has 0 saturated heterocycles. The molecule has 1 N–H and O–H groups in total. The second kappa shape index (κ2) is 6.06. The first-order valence-corrected chi connectivity index (χ1v) is 8.37. The fraction of sp³-hybridized carbons (Fsp3) is 0.400. The van der Waals surface area contributed by atoms with E-state index in [0.29, 0.717) is 35.3 Å². The molecule has 0 fully saturated rings. The smallest absolute Gasteiger partial charge is 0.289 e. The number of hydrogen-bond donors (Lipinski definition) is 1. The van der Waals surface area contributed by atoms with Crippen LogP contribution in [0.5, 0.6) is 5.75 Å². The largest absolute Gasteiger partial charge is 0.508 e. The molecule has 0 saturated carbocycles. The van der Waals surface area contributed by atoms with Gasteiger partial charge in [-0.15, -0.1) is 0 Å². The fourth-order valence-electron chi connectivity index (χ4n) is 3.43. The van der Waals surface area contributed by atoms with Gasteiger partial charge in [-0.1, -0.05) is 32.0 Å². The zero-order valence-electron chi connectivity index (χ0n) is 15.0. The third-order valence-corrected chi connectivity index (χ3v) is 4.72. The number of phenols is 1. The standard InChI is InChI=1S/C20H23NO4/c1-12-17-15(23)9-20(2,3)10-16(17)25-18(12)19(24)21(4)11-13-7-5-6-8-14(13)22/h5-8,22H,9-11H2,1-4H3. The molecule has 5 nitrogen and oxygen atoms in total. The predicted octanol–water partition coefficient (Wildman–Crippen LogP) is 3.72. The Balaban J connectivity index is 1.88. The molecule has 0 radical (unpaired) electrons. The number of aromatic hydroxyl groups is 1. The summed E-state index contributed by atoms with van der Waals surface area (Å²) in [6, 6.07) is 6.90. The molecule has 3 rings (SSSR count). The van der Waals surface area contributed by atoms with Crippen LogP contribution in [0.25, 0.3) is 0 Å². The summed E-state index contributed by atoms with van der Waals surface area (Å²) in [6.07, 6.45) is 1.10. The van der Waals surface area contributed by atoms with E-state index >= 15 is 0 Å². The molecule has 132 valence electrons. The van der Waals surface area contributed by atoms with Gasteiger partial charge in [0.05, 0.1) is 5.56 Å². The number of fused-ring (bicyclic) bond motifs is 1. The number of rotatable bonds is 3. The molecule has 1 aromatic carbocycles. The average Bonchev–Trinajstić information content (AvgIpc) is 2.84. The number of nitrogens with zero attached hydrogens (tertiary/aromatic N) is 1. The zero-order valence-corrected chi connectivity index (χ0v) is 15.0. The maximum absolute atomic E-state index is 12.8. The van der Waals surface area contributed by atoms with Gasteiger partial charge in [-0.2, -0.15) is 0 Å². The van der Waals surface area contributed by atoms with Crippen LogP contribution in [-0.4, -0.2) is 28.7 Å². The van der Waals surface area contributed by atoms with Gasteiger partial charge in [0.15, 0.2) is 11.5 Å². The van der Waals surface area contributed by atoms with Crippen LogP contribution in [0.3, 0.4) is 0 Å². The second-order valence-corrected chi connectivity index (χ2v) is 7.59. The van der Waals surface area contributed by atoms with Crippen molar-refractivity contribution in [3.8, 4) is 5.75 Å². The number of ketones is 1. The number of benzene rings is 1. The van der Waals surface area contributed by atoms with E-state index in [9.17, 15) is 14.7 Å². The first-order chi connectivity index (χ1) is 11.7. The Morgan fingerprint density at radius 1 is 1.28 bits per heavy atom. The molecule has 1 heterocycles. The van der Waals surface area contributed by atoms with E-state index in [2.05, 4.69) is 0 Å². The summed E-state index contributed by atoms with van der Waals surface area (Å²) >= 11 is 0. The first kappa shape index (κ1) is 17.3. The Morgan fingerprint density at radius 2 is 1.96 bits per heavy atom. The third kappa shape index (κ3) is 3.18. The minimum Gasteiger partial charge on any atom is -0.508 e. The van der Waals surface area contributed by atoms with Crippen molar-refractivity contribution in [2.45, 2.75) is 40.2 Å². The van der Waals surface area contributed by atoms with Gasteiger partial charge in [-0.05, 0) is 18.4 Å². The Labute approximate surface area is 147 Å². The molecule has 1 aliphatic rings. The Morgan fingerprint density at radius 3 is 2.64 bits per heavy atom. The number of phenolic OH excluding ortho intramolecular Hbond substituents is 1. The van der Waals surface area contributed by atoms with Crippen molar-refractivity contribution in [3.63, 3.8) is 0 Å². The van der Waals surface area contributed by atoms with Crippen molar-refractivity contribution >= 4 is 11.7 Å². The second-order valence-electron chi connectivity index (χ2n) is 7.59. The van der Waals surface area contributed by atoms with Crippen molar-refractivity contribution in [1.82, 2.24) is 4.90 Å². The van der Waals surface area contributed by atoms with E-state index < -0.39 is 0 Å². The van der Waals surface area contributed by atoms with Crippen LogP contribution in [0.15, 0.2) is 28.7 Å². The number of para-hydroxylation sites is 1. The zero-order chi connectivity index (χ0) is 18.4. The highest BCUT2D eigenvalue weighted by Crippen LogP contribution is 2.38. The van der Waals surface area contributed by atoms with Gasteiger partial charge < -0.3 is 14.4 Å². The summed E-state index contributed by atoms with van der Waals surface area (Å²) in [5, 5.41) is 9.89. The SMILES string of the molecule is Cc1c(C(=O)N(C)Cc2ccccc2O)oc2c1C(=O)CC(C)(C)C2. The van der Waals surface area contributed by atoms with Crippen LogP contribution in [0.4, 0.5) is 0 Å². The van der Waals surface area contributed by atoms with Crippen molar-refractivity contribution in [2.75, 3.05) is 7.05 Å². The van der Waals surface area contributed by atoms with Crippen LogP contribution in [0.2, 0.25) is 0 Å². The Bertz CT molecular complexity index is 847. The van der Waals surface area contributed by atoms with Crippen molar-refractivity contribution in [1.29, 1.82) is 0 Å². The maximum Gasteiger partial charge on any atom is 0.289 e. The number of Topliss-reactive ketones (excluding diaryl/α,β-unsaturated/α-hetero) is 1. The van der Waals surface area contributed by atoms with E-state index in [1.807, 2.05) is 19.9 Å². The normalized spacial score (nSPS) is 15.8. The van der Waals surface area contributed by atoms with Crippen LogP contribution in [0, 0.1) is 12.3 Å². The quantitative estimate of drug-likeness (QED) is 0.923. The predicted molar refractivity (Wildman–Crippen MR) is 93.8 cm³/mol. The Kier molecular flexibility index (Phi) is 4.19. The molecule has 5 heteroatoms. The molecule has 1 amide bonds. The molecule has 0 spiro atoms. The molecular weight excluding hydrogens is 318 g/mol. The number of amides is 1. The number of carbonyl (C=O) groups excluding carboxylic acids is 2. The van der Waals surface area contributed by atoms with E-state index in [0.717, 1.165) is 0 Å². The van der Waals surface area contributed by atoms with Gasteiger partial charge >= 0.3 is 0 Å². The van der Waals surface area contributed by atoms with Crippen LogP contribution < -0.4 is 0 Å². The van der Waals surface area contributed by atoms with E-state index in [4.69, 9.17) is 4.42 Å². The number of furan rings is 1. The lowest BCUT2D eigenvalue weighted by atomic mass is 9.76. The fourth-order valence-corrected chi connectivity index (χ4v) is 3.43. The lowest BCUT2D eigenvalue weighted by Crippen LogP contribution is -2.27. The molecule has 0 aliphatic heterocycles. The minimum atomic E-state index is -0.291. The minimum absolute atomic E-state index is 0.0370. The molecule has 1 aliphatic carbocycles. The van der Waals surface area contributed by atoms with Crippen LogP contribution in [-0.2, 0) is 13.0 Å². The molecule has 0 atom stereocenters. The van der Waals surface area contributed by atoms with E-state index in [-0.39, 0.29) is 35.2 Å². The molecule has 0 unspecified atom stereocenters. The highest BCUT2D eigenvalue weighted by molar-refractivity contribution is 6.03. The summed E-state index contributed by atoms with van der Waals surface area (Å²) in [7, 11) is 1.65. The lowest BCUT2D eigenvalue weighted by Gasteiger charge is -2.27. The van der Waals surface area contributed by atoms with Crippen molar-refractivity contribution in [3.05, 3.63) is 52.5 Å². The van der Waals surface area contributed by atoms with E-state index in [1.54, 1.807) is 32.2 Å². The van der Waals surface area contributed by atoms with Crippen LogP contribution >= 0.6 is 0 Å². The van der Waals surface area contributed by atoms with Gasteiger partial charge in [0.25, 0.3) is 5.91 Å². The molecule has 25 heavy (non-hydrogen) atoms. The monoisotopic (exact) mass is 341 g/mol. The highest BCUT2D eigenvalue weighted by atomic mass is 16.4. The summed E-state index contributed by atoms with van der Waals surface area (Å²) in [6.45, 7) is 6.07. The maximum atomic E-state index is 12.8. The number of hydrogen-bond acceptors (Lipinski definition) is 4. The third-order valence-electron chi connectivity index (χ3n) is 4.72. The molecule has 0 bridgehead atoms. The van der Waals surface area contributed by atoms with E-state index in [1.165, 1.54) is 4.90 Å². The Hall–Kier alpha value is -2.56. The molecule has 2 aromatic rings. The molecule has 1 aromatic heterocycles. The lowest BCUT2D eigenvalue weighted by molar-refractivity contribution is 0.0746. The molecular formula is C20H23NO4. The average molecular weight is 341 g/mol.